The molecule has 1 amide bonds. The fourth-order valence-electron chi connectivity index (χ4n) is 1.70. The van der Waals surface area contributed by atoms with Crippen molar-refractivity contribution in [2.45, 2.75) is 12.1 Å². The molecule has 0 saturated heterocycles. The molecule has 0 aliphatic rings. The number of nitrogens with one attached hydrogen (secondary N) is 2. The first-order valence-corrected chi connectivity index (χ1v) is 7.63. The fraction of sp³-hybridized carbons (Fsp3) is 0.286. The van der Waals surface area contributed by atoms with Gasteiger partial charge >= 0.3 is 5.97 Å². The van der Waals surface area contributed by atoms with Crippen molar-refractivity contribution in [1.29, 1.82) is 0 Å². The molecule has 0 bridgehead atoms. The molecule has 0 fully saturated rings. The van der Waals surface area contributed by atoms with Crippen molar-refractivity contribution < 1.29 is 14.3 Å². The number of aromatic amines is 1. The first kappa shape index (κ1) is 16.0. The van der Waals surface area contributed by atoms with Crippen LogP contribution in [0.25, 0.3) is 10.9 Å². The molecule has 1 aromatic heterocycles. The maximum Gasteiger partial charge on any atom is 0.325 e. The molecule has 8 heteroatoms. The van der Waals surface area contributed by atoms with Crippen LogP contribution in [0.1, 0.15) is 6.92 Å². The second kappa shape index (κ2) is 7.60. The number of fused-ring (bicyclic) bond motifs is 1. The van der Waals surface area contributed by atoms with Gasteiger partial charge in [-0.15, -0.1) is 0 Å². The Morgan fingerprint density at radius 1 is 1.36 bits per heavy atom. The van der Waals surface area contributed by atoms with Gasteiger partial charge in [-0.25, -0.2) is 4.98 Å². The lowest BCUT2D eigenvalue weighted by Gasteiger charge is -2.05. The van der Waals surface area contributed by atoms with E-state index in [4.69, 9.17) is 4.74 Å². The third kappa shape index (κ3) is 4.32. The van der Waals surface area contributed by atoms with E-state index in [9.17, 15) is 14.4 Å². The van der Waals surface area contributed by atoms with E-state index in [1.165, 1.54) is 0 Å². The van der Waals surface area contributed by atoms with E-state index in [1.54, 1.807) is 31.2 Å². The zero-order valence-corrected chi connectivity index (χ0v) is 12.7. The molecule has 2 N–H and O–H groups in total. The monoisotopic (exact) mass is 321 g/mol. The summed E-state index contributed by atoms with van der Waals surface area (Å²) in [6.07, 6.45) is 0. The number of aromatic nitrogens is 2. The molecule has 7 nitrogen and oxygen atoms in total. The number of rotatable bonds is 6. The van der Waals surface area contributed by atoms with Crippen LogP contribution in [0, 0.1) is 0 Å². The largest absolute Gasteiger partial charge is 0.465 e. The Balaban J connectivity index is 1.93. The third-order valence-electron chi connectivity index (χ3n) is 2.67. The van der Waals surface area contributed by atoms with Crippen LogP contribution in [0.15, 0.2) is 34.2 Å². The molecular formula is C14H15N3O4S. The lowest BCUT2D eigenvalue weighted by atomic mass is 10.2. The minimum Gasteiger partial charge on any atom is -0.465 e. The summed E-state index contributed by atoms with van der Waals surface area (Å²) >= 11 is 1.09. The highest BCUT2D eigenvalue weighted by Gasteiger charge is 2.09. The molecule has 0 radical (unpaired) electrons. The smallest absolute Gasteiger partial charge is 0.325 e. The molecule has 0 aliphatic carbocycles. The van der Waals surface area contributed by atoms with Crippen LogP contribution in [-0.4, -0.2) is 40.7 Å². The SMILES string of the molecule is CCOC(=O)CNC(=O)CSc1nc2ccccc2c(=O)[nH]1. The number of hydrogen-bond acceptors (Lipinski definition) is 6. The Morgan fingerprint density at radius 3 is 2.91 bits per heavy atom. The Labute approximate surface area is 130 Å². The van der Waals surface area contributed by atoms with Gasteiger partial charge in [-0.05, 0) is 19.1 Å². The molecule has 2 aromatic rings. The maximum atomic E-state index is 11.9. The second-order valence-corrected chi connectivity index (χ2v) is 5.22. The topological polar surface area (TPSA) is 101 Å². The standard InChI is InChI=1S/C14H15N3O4S/c1-2-21-12(19)7-15-11(18)8-22-14-16-10-6-4-3-5-9(10)13(20)17-14/h3-6H,2,7-8H2,1H3,(H,15,18)(H,16,17,20). The van der Waals surface area contributed by atoms with Gasteiger partial charge in [0.15, 0.2) is 5.16 Å². The van der Waals surface area contributed by atoms with Crippen LogP contribution in [-0.2, 0) is 14.3 Å². The number of H-pyrrole nitrogens is 1. The zero-order valence-electron chi connectivity index (χ0n) is 11.9. The van der Waals surface area contributed by atoms with Crippen LogP contribution >= 0.6 is 11.8 Å². The average molecular weight is 321 g/mol. The van der Waals surface area contributed by atoms with Gasteiger partial charge in [0.2, 0.25) is 5.91 Å². The number of benzene rings is 1. The summed E-state index contributed by atoms with van der Waals surface area (Å²) < 4.78 is 4.70. The number of amides is 1. The van der Waals surface area contributed by atoms with E-state index in [0.29, 0.717) is 16.1 Å². The zero-order chi connectivity index (χ0) is 15.9. The highest BCUT2D eigenvalue weighted by Crippen LogP contribution is 2.14. The molecule has 0 unspecified atom stereocenters. The summed E-state index contributed by atoms with van der Waals surface area (Å²) in [5, 5.41) is 3.29. The Hall–Kier alpha value is -2.35. The lowest BCUT2D eigenvalue weighted by Crippen LogP contribution is -2.31. The van der Waals surface area contributed by atoms with Crippen molar-refractivity contribution in [3.63, 3.8) is 0 Å². The summed E-state index contributed by atoms with van der Waals surface area (Å²) in [7, 11) is 0. The number of carbonyl (C=O) groups is 2. The van der Waals surface area contributed by atoms with Crippen molar-refractivity contribution in [2.75, 3.05) is 18.9 Å². The number of carbonyl (C=O) groups excluding carboxylic acids is 2. The van der Waals surface area contributed by atoms with Crippen molar-refractivity contribution in [2.24, 2.45) is 0 Å². The van der Waals surface area contributed by atoms with Crippen LogP contribution in [0.5, 0.6) is 0 Å². The van der Waals surface area contributed by atoms with Gasteiger partial charge in [0.1, 0.15) is 6.54 Å². The van der Waals surface area contributed by atoms with Crippen LogP contribution in [0.2, 0.25) is 0 Å². The van der Waals surface area contributed by atoms with Crippen molar-refractivity contribution in [3.05, 3.63) is 34.6 Å². The van der Waals surface area contributed by atoms with E-state index in [-0.39, 0.29) is 30.4 Å². The Morgan fingerprint density at radius 2 is 2.14 bits per heavy atom. The first-order valence-electron chi connectivity index (χ1n) is 6.64. The molecule has 1 heterocycles. The van der Waals surface area contributed by atoms with E-state index in [2.05, 4.69) is 15.3 Å². The Kier molecular flexibility index (Phi) is 5.54. The Bertz CT molecular complexity index is 744. The molecule has 2 rings (SSSR count). The van der Waals surface area contributed by atoms with Crippen molar-refractivity contribution in [1.82, 2.24) is 15.3 Å². The van der Waals surface area contributed by atoms with E-state index >= 15 is 0 Å². The quantitative estimate of drug-likeness (QED) is 0.461. The van der Waals surface area contributed by atoms with Crippen LogP contribution in [0.3, 0.4) is 0 Å². The molecule has 22 heavy (non-hydrogen) atoms. The molecule has 0 spiro atoms. The van der Waals surface area contributed by atoms with E-state index in [1.807, 2.05) is 0 Å². The summed E-state index contributed by atoms with van der Waals surface area (Å²) in [4.78, 5) is 41.5. The minimum absolute atomic E-state index is 0.0423. The number of hydrogen-bond donors (Lipinski definition) is 2. The van der Waals surface area contributed by atoms with Gasteiger partial charge in [0.05, 0.1) is 23.3 Å². The number of nitrogens with zero attached hydrogens (tertiary/aromatic N) is 1. The molecule has 0 atom stereocenters. The summed E-state index contributed by atoms with van der Waals surface area (Å²) in [5.41, 5.74) is 0.320. The van der Waals surface area contributed by atoms with Crippen molar-refractivity contribution >= 4 is 34.5 Å². The van der Waals surface area contributed by atoms with Gasteiger partial charge in [0.25, 0.3) is 5.56 Å². The van der Waals surface area contributed by atoms with Crippen LogP contribution in [0.4, 0.5) is 0 Å². The summed E-state index contributed by atoms with van der Waals surface area (Å²) in [6, 6.07) is 6.96. The predicted octanol–water partition coefficient (Wildman–Crippen LogP) is 0.695. The molecule has 116 valence electrons. The summed E-state index contributed by atoms with van der Waals surface area (Å²) in [5.74, 6) is -0.785. The van der Waals surface area contributed by atoms with Crippen molar-refractivity contribution in [3.8, 4) is 0 Å². The average Bonchev–Trinajstić information content (AvgIpc) is 2.51. The highest BCUT2D eigenvalue weighted by atomic mass is 32.2. The van der Waals surface area contributed by atoms with Gasteiger partial charge in [0, 0.05) is 0 Å². The van der Waals surface area contributed by atoms with Gasteiger partial charge in [-0.2, -0.15) is 0 Å². The van der Waals surface area contributed by atoms with Gasteiger partial charge in [-0.1, -0.05) is 23.9 Å². The second-order valence-electron chi connectivity index (χ2n) is 4.26. The number of para-hydroxylation sites is 1. The number of ether oxygens (including phenoxy) is 1. The third-order valence-corrected chi connectivity index (χ3v) is 3.54. The number of esters is 1. The lowest BCUT2D eigenvalue weighted by molar-refractivity contribution is -0.143. The highest BCUT2D eigenvalue weighted by molar-refractivity contribution is 7.99. The van der Waals surface area contributed by atoms with E-state index in [0.717, 1.165) is 11.8 Å². The molecule has 0 saturated carbocycles. The fourth-order valence-corrected chi connectivity index (χ4v) is 2.40. The molecular weight excluding hydrogens is 306 g/mol. The molecule has 1 aromatic carbocycles. The number of thioether (sulfide) groups is 1. The normalized spacial score (nSPS) is 10.4. The van der Waals surface area contributed by atoms with Gasteiger partial charge in [-0.3, -0.25) is 14.4 Å². The maximum absolute atomic E-state index is 11.9. The van der Waals surface area contributed by atoms with Crippen LogP contribution < -0.4 is 10.9 Å². The predicted molar refractivity (Wildman–Crippen MR) is 82.7 cm³/mol. The minimum atomic E-state index is -0.488. The van der Waals surface area contributed by atoms with Gasteiger partial charge < -0.3 is 15.0 Å². The summed E-state index contributed by atoms with van der Waals surface area (Å²) in [6.45, 7) is 1.79. The first-order chi connectivity index (χ1) is 10.6. The molecule has 0 aliphatic heterocycles. The van der Waals surface area contributed by atoms with E-state index < -0.39 is 5.97 Å².